The summed E-state index contributed by atoms with van der Waals surface area (Å²) in [6.45, 7) is 0. The molecule has 4 nitrogen and oxygen atoms in total. The molecule has 0 amide bonds. The molecular formula is C12H24N2O2S. The topological polar surface area (TPSA) is 58.2 Å². The number of hydrogen-bond donors (Lipinski definition) is 2. The van der Waals surface area contributed by atoms with Crippen LogP contribution in [0, 0.1) is 0 Å². The molecule has 0 radical (unpaired) electrons. The van der Waals surface area contributed by atoms with E-state index >= 15 is 0 Å². The Labute approximate surface area is 105 Å². The van der Waals surface area contributed by atoms with Gasteiger partial charge in [-0.05, 0) is 45.6 Å². The summed E-state index contributed by atoms with van der Waals surface area (Å²) >= 11 is 0. The molecule has 5 heteroatoms. The van der Waals surface area contributed by atoms with E-state index in [1.165, 1.54) is 0 Å². The van der Waals surface area contributed by atoms with E-state index in [9.17, 15) is 8.42 Å². The molecule has 0 unspecified atom stereocenters. The average Bonchev–Trinajstić information content (AvgIpc) is 2.84. The maximum Gasteiger partial charge on any atom is 0.214 e. The van der Waals surface area contributed by atoms with Crippen LogP contribution in [0.2, 0.25) is 0 Å². The SMILES string of the molecule is CNC1CCC(NS(=O)(=O)C2CCCC2)CC1. The van der Waals surface area contributed by atoms with Gasteiger partial charge in [0.2, 0.25) is 10.0 Å². The summed E-state index contributed by atoms with van der Waals surface area (Å²) < 4.78 is 27.2. The van der Waals surface area contributed by atoms with Crippen molar-refractivity contribution < 1.29 is 8.42 Å². The van der Waals surface area contributed by atoms with Crippen LogP contribution in [-0.2, 0) is 10.0 Å². The molecule has 0 saturated heterocycles. The van der Waals surface area contributed by atoms with E-state index in [4.69, 9.17) is 0 Å². The van der Waals surface area contributed by atoms with Gasteiger partial charge in [0.1, 0.15) is 0 Å². The van der Waals surface area contributed by atoms with Gasteiger partial charge >= 0.3 is 0 Å². The van der Waals surface area contributed by atoms with Gasteiger partial charge in [0, 0.05) is 12.1 Å². The molecule has 2 saturated carbocycles. The summed E-state index contributed by atoms with van der Waals surface area (Å²) in [5, 5.41) is 3.14. The van der Waals surface area contributed by atoms with Crippen LogP contribution in [0.1, 0.15) is 51.4 Å². The Balaban J connectivity index is 1.84. The van der Waals surface area contributed by atoms with E-state index < -0.39 is 10.0 Å². The number of rotatable bonds is 4. The Morgan fingerprint density at radius 2 is 1.41 bits per heavy atom. The van der Waals surface area contributed by atoms with E-state index in [0.29, 0.717) is 6.04 Å². The molecule has 0 atom stereocenters. The molecule has 2 aliphatic carbocycles. The molecule has 0 aliphatic heterocycles. The summed E-state index contributed by atoms with van der Waals surface area (Å²) in [6.07, 6.45) is 7.93. The molecule has 17 heavy (non-hydrogen) atoms. The fraction of sp³-hybridized carbons (Fsp3) is 1.00. The average molecular weight is 260 g/mol. The van der Waals surface area contributed by atoms with Crippen molar-refractivity contribution in [2.45, 2.75) is 68.7 Å². The lowest BCUT2D eigenvalue weighted by atomic mass is 9.92. The van der Waals surface area contributed by atoms with Gasteiger partial charge in [-0.25, -0.2) is 13.1 Å². The van der Waals surface area contributed by atoms with Gasteiger partial charge in [-0.15, -0.1) is 0 Å². The third-order valence-corrected chi connectivity index (χ3v) is 6.22. The van der Waals surface area contributed by atoms with Crippen molar-refractivity contribution in [1.82, 2.24) is 10.0 Å². The lowest BCUT2D eigenvalue weighted by Gasteiger charge is -2.29. The lowest BCUT2D eigenvalue weighted by molar-refractivity contribution is 0.342. The van der Waals surface area contributed by atoms with E-state index in [-0.39, 0.29) is 11.3 Å². The largest absolute Gasteiger partial charge is 0.317 e. The van der Waals surface area contributed by atoms with Crippen LogP contribution >= 0.6 is 0 Å². The normalized spacial score (nSPS) is 31.8. The number of sulfonamides is 1. The minimum Gasteiger partial charge on any atom is -0.317 e. The fourth-order valence-electron chi connectivity index (χ4n) is 3.03. The molecule has 0 aromatic rings. The highest BCUT2D eigenvalue weighted by molar-refractivity contribution is 7.90. The van der Waals surface area contributed by atoms with Crippen LogP contribution in [0.25, 0.3) is 0 Å². The number of nitrogens with one attached hydrogen (secondary N) is 2. The van der Waals surface area contributed by atoms with Crippen LogP contribution < -0.4 is 10.0 Å². The summed E-state index contributed by atoms with van der Waals surface area (Å²) in [5.74, 6) is 0. The predicted molar refractivity (Wildman–Crippen MR) is 69.4 cm³/mol. The molecule has 2 rings (SSSR count). The van der Waals surface area contributed by atoms with Crippen LogP contribution in [0.4, 0.5) is 0 Å². The maximum atomic E-state index is 12.1. The summed E-state index contributed by atoms with van der Waals surface area (Å²) in [6, 6.07) is 0.743. The van der Waals surface area contributed by atoms with E-state index in [0.717, 1.165) is 51.4 Å². The van der Waals surface area contributed by atoms with Gasteiger partial charge in [-0.1, -0.05) is 12.8 Å². The second-order valence-corrected chi connectivity index (χ2v) is 7.40. The van der Waals surface area contributed by atoms with Crippen molar-refractivity contribution in [3.63, 3.8) is 0 Å². The van der Waals surface area contributed by atoms with Gasteiger partial charge in [0.15, 0.2) is 0 Å². The minimum absolute atomic E-state index is 0.121. The first-order chi connectivity index (χ1) is 8.12. The highest BCUT2D eigenvalue weighted by Gasteiger charge is 2.31. The van der Waals surface area contributed by atoms with Crippen molar-refractivity contribution in [2.24, 2.45) is 0 Å². The molecule has 0 aromatic carbocycles. The Morgan fingerprint density at radius 1 is 0.882 bits per heavy atom. The predicted octanol–water partition coefficient (Wildman–Crippen LogP) is 1.38. The van der Waals surface area contributed by atoms with E-state index in [2.05, 4.69) is 10.0 Å². The first-order valence-electron chi connectivity index (χ1n) is 6.80. The quantitative estimate of drug-likeness (QED) is 0.803. The van der Waals surface area contributed by atoms with E-state index in [1.807, 2.05) is 7.05 Å². The van der Waals surface area contributed by atoms with Crippen molar-refractivity contribution in [3.05, 3.63) is 0 Å². The van der Waals surface area contributed by atoms with Crippen LogP contribution in [0.3, 0.4) is 0 Å². The summed E-state index contributed by atoms with van der Waals surface area (Å²) in [4.78, 5) is 0. The second kappa shape index (κ2) is 5.67. The Kier molecular flexibility index (Phi) is 4.44. The molecule has 0 bridgehead atoms. The summed E-state index contributed by atoms with van der Waals surface area (Å²) in [5.41, 5.74) is 0. The third-order valence-electron chi connectivity index (χ3n) is 4.21. The molecule has 2 N–H and O–H groups in total. The smallest absolute Gasteiger partial charge is 0.214 e. The fourth-order valence-corrected chi connectivity index (χ4v) is 4.87. The molecule has 2 aliphatic rings. The molecule has 0 spiro atoms. The zero-order valence-corrected chi connectivity index (χ0v) is 11.4. The van der Waals surface area contributed by atoms with Crippen molar-refractivity contribution >= 4 is 10.0 Å². The minimum atomic E-state index is -3.05. The first-order valence-corrected chi connectivity index (χ1v) is 8.35. The highest BCUT2D eigenvalue weighted by Crippen LogP contribution is 2.26. The Morgan fingerprint density at radius 3 is 1.94 bits per heavy atom. The maximum absolute atomic E-state index is 12.1. The Hall–Kier alpha value is -0.130. The van der Waals surface area contributed by atoms with Gasteiger partial charge in [0.05, 0.1) is 5.25 Å². The van der Waals surface area contributed by atoms with Crippen LogP contribution in [0.5, 0.6) is 0 Å². The van der Waals surface area contributed by atoms with Gasteiger partial charge in [0.25, 0.3) is 0 Å². The molecule has 0 heterocycles. The zero-order valence-electron chi connectivity index (χ0n) is 10.6. The van der Waals surface area contributed by atoms with Crippen molar-refractivity contribution in [2.75, 3.05) is 7.05 Å². The highest BCUT2D eigenvalue weighted by atomic mass is 32.2. The second-order valence-electron chi connectivity index (χ2n) is 5.41. The van der Waals surface area contributed by atoms with Crippen LogP contribution in [-0.4, -0.2) is 32.8 Å². The molecule has 100 valence electrons. The molecular weight excluding hydrogens is 236 g/mol. The first kappa shape index (κ1) is 13.3. The summed E-state index contributed by atoms with van der Waals surface area (Å²) in [7, 11) is -1.07. The molecule has 2 fully saturated rings. The Bertz CT molecular complexity index is 328. The standard InChI is InChI=1S/C12H24N2O2S/c1-13-10-6-8-11(9-7-10)14-17(15,16)12-4-2-3-5-12/h10-14H,2-9H2,1H3. The van der Waals surface area contributed by atoms with Crippen molar-refractivity contribution in [3.8, 4) is 0 Å². The monoisotopic (exact) mass is 260 g/mol. The van der Waals surface area contributed by atoms with Gasteiger partial charge < -0.3 is 5.32 Å². The van der Waals surface area contributed by atoms with E-state index in [1.54, 1.807) is 0 Å². The van der Waals surface area contributed by atoms with Gasteiger partial charge in [-0.3, -0.25) is 0 Å². The van der Waals surface area contributed by atoms with Crippen molar-refractivity contribution in [1.29, 1.82) is 0 Å². The third kappa shape index (κ3) is 3.42. The van der Waals surface area contributed by atoms with Crippen LogP contribution in [0.15, 0.2) is 0 Å². The van der Waals surface area contributed by atoms with Gasteiger partial charge in [-0.2, -0.15) is 0 Å². The number of hydrogen-bond acceptors (Lipinski definition) is 3. The zero-order chi connectivity index (χ0) is 12.3. The molecule has 0 aromatic heterocycles. The lowest BCUT2D eigenvalue weighted by Crippen LogP contribution is -2.44.